The fourth-order valence-electron chi connectivity index (χ4n) is 1.28. The summed E-state index contributed by atoms with van der Waals surface area (Å²) >= 11 is 0. The van der Waals surface area contributed by atoms with E-state index >= 15 is 0 Å². The molecule has 0 saturated heterocycles. The Balaban J connectivity index is 2.23. The van der Waals surface area contributed by atoms with Crippen LogP contribution in [0.1, 0.15) is 40.5 Å². The Kier molecular flexibility index (Phi) is 2.50. The van der Waals surface area contributed by atoms with Gasteiger partial charge in [0.15, 0.2) is 0 Å². The van der Waals surface area contributed by atoms with Gasteiger partial charge in [-0.1, -0.05) is 6.92 Å². The molecule has 0 aromatic rings. The van der Waals surface area contributed by atoms with Crippen LogP contribution in [0.25, 0.3) is 0 Å². The lowest BCUT2D eigenvalue weighted by atomic mass is 10.00. The maximum Gasteiger partial charge on any atom is 0.0715 e. The standard InChI is InChI=1S/C10H21NO/c1-8(10(4)5-6-10)11-7-9(2,3)12/h8,11-12H,5-7H2,1-4H3. The van der Waals surface area contributed by atoms with Gasteiger partial charge in [0.05, 0.1) is 5.60 Å². The minimum absolute atomic E-state index is 0.505. The van der Waals surface area contributed by atoms with Gasteiger partial charge >= 0.3 is 0 Å². The second kappa shape index (κ2) is 3.00. The zero-order valence-electron chi connectivity index (χ0n) is 8.65. The molecule has 0 bridgehead atoms. The van der Waals surface area contributed by atoms with Gasteiger partial charge in [-0.05, 0) is 39.0 Å². The number of nitrogens with one attached hydrogen (secondary N) is 1. The van der Waals surface area contributed by atoms with Crippen molar-refractivity contribution in [3.63, 3.8) is 0 Å². The van der Waals surface area contributed by atoms with Crippen molar-refractivity contribution in [2.24, 2.45) is 5.41 Å². The molecular formula is C10H21NO. The molecular weight excluding hydrogens is 150 g/mol. The molecule has 1 atom stereocenters. The summed E-state index contributed by atoms with van der Waals surface area (Å²) in [7, 11) is 0. The van der Waals surface area contributed by atoms with E-state index in [1.807, 2.05) is 13.8 Å². The van der Waals surface area contributed by atoms with Crippen LogP contribution in [0.15, 0.2) is 0 Å². The second-order valence-electron chi connectivity index (χ2n) is 5.07. The molecule has 1 aliphatic carbocycles. The quantitative estimate of drug-likeness (QED) is 0.672. The molecule has 1 saturated carbocycles. The van der Waals surface area contributed by atoms with Crippen LogP contribution >= 0.6 is 0 Å². The molecule has 1 fully saturated rings. The topological polar surface area (TPSA) is 32.3 Å². The first-order valence-corrected chi connectivity index (χ1v) is 4.79. The number of rotatable bonds is 4. The van der Waals surface area contributed by atoms with Crippen molar-refractivity contribution in [3.8, 4) is 0 Å². The van der Waals surface area contributed by atoms with Crippen molar-refractivity contribution in [2.75, 3.05) is 6.54 Å². The van der Waals surface area contributed by atoms with Crippen molar-refractivity contribution in [2.45, 2.75) is 52.2 Å². The summed E-state index contributed by atoms with van der Waals surface area (Å²) < 4.78 is 0. The molecule has 2 nitrogen and oxygen atoms in total. The van der Waals surface area contributed by atoms with Gasteiger partial charge in [0, 0.05) is 12.6 Å². The Morgan fingerprint density at radius 3 is 2.33 bits per heavy atom. The van der Waals surface area contributed by atoms with Crippen molar-refractivity contribution in [1.29, 1.82) is 0 Å². The minimum Gasteiger partial charge on any atom is -0.389 e. The fourth-order valence-corrected chi connectivity index (χ4v) is 1.28. The van der Waals surface area contributed by atoms with E-state index in [0.717, 1.165) is 0 Å². The van der Waals surface area contributed by atoms with E-state index in [0.29, 0.717) is 18.0 Å². The van der Waals surface area contributed by atoms with E-state index in [1.54, 1.807) is 0 Å². The molecule has 12 heavy (non-hydrogen) atoms. The highest BCUT2D eigenvalue weighted by Crippen LogP contribution is 2.47. The third-order valence-corrected chi connectivity index (χ3v) is 2.92. The Bertz CT molecular complexity index is 156. The third-order valence-electron chi connectivity index (χ3n) is 2.92. The average Bonchev–Trinajstić information content (AvgIpc) is 2.62. The van der Waals surface area contributed by atoms with Gasteiger partial charge in [0.25, 0.3) is 0 Å². The van der Waals surface area contributed by atoms with Crippen LogP contribution < -0.4 is 5.32 Å². The van der Waals surface area contributed by atoms with Crippen LogP contribution in [-0.4, -0.2) is 23.3 Å². The molecule has 0 aliphatic heterocycles. The van der Waals surface area contributed by atoms with Crippen LogP contribution in [0, 0.1) is 5.41 Å². The smallest absolute Gasteiger partial charge is 0.0715 e. The molecule has 0 radical (unpaired) electrons. The lowest BCUT2D eigenvalue weighted by Crippen LogP contribution is -2.42. The Morgan fingerprint density at radius 1 is 1.50 bits per heavy atom. The van der Waals surface area contributed by atoms with Gasteiger partial charge in [-0.15, -0.1) is 0 Å². The second-order valence-corrected chi connectivity index (χ2v) is 5.07. The molecule has 72 valence electrons. The van der Waals surface area contributed by atoms with E-state index in [2.05, 4.69) is 19.2 Å². The summed E-state index contributed by atoms with van der Waals surface area (Å²) in [5, 5.41) is 12.9. The maximum atomic E-state index is 9.49. The molecule has 1 unspecified atom stereocenters. The van der Waals surface area contributed by atoms with Crippen molar-refractivity contribution in [1.82, 2.24) is 5.32 Å². The summed E-state index contributed by atoms with van der Waals surface area (Å²) in [6, 6.07) is 0.531. The molecule has 2 N–H and O–H groups in total. The van der Waals surface area contributed by atoms with Gasteiger partial charge in [-0.3, -0.25) is 0 Å². The third kappa shape index (κ3) is 2.76. The predicted molar refractivity (Wildman–Crippen MR) is 51.1 cm³/mol. The van der Waals surface area contributed by atoms with E-state index in [1.165, 1.54) is 12.8 Å². The predicted octanol–water partition coefficient (Wildman–Crippen LogP) is 1.54. The van der Waals surface area contributed by atoms with Gasteiger partial charge in [-0.2, -0.15) is 0 Å². The van der Waals surface area contributed by atoms with Gasteiger partial charge in [0.1, 0.15) is 0 Å². The first kappa shape index (κ1) is 10.0. The zero-order valence-corrected chi connectivity index (χ0v) is 8.65. The zero-order chi connectivity index (χ0) is 9.41. The van der Waals surface area contributed by atoms with E-state index < -0.39 is 5.60 Å². The molecule has 0 aromatic carbocycles. The van der Waals surface area contributed by atoms with Crippen molar-refractivity contribution >= 4 is 0 Å². The molecule has 2 heteroatoms. The Morgan fingerprint density at radius 2 is 2.00 bits per heavy atom. The summed E-state index contributed by atoms with van der Waals surface area (Å²) in [5.74, 6) is 0. The van der Waals surface area contributed by atoms with Gasteiger partial charge in [-0.25, -0.2) is 0 Å². The fraction of sp³-hybridized carbons (Fsp3) is 1.00. The highest BCUT2D eigenvalue weighted by Gasteiger charge is 2.42. The monoisotopic (exact) mass is 171 g/mol. The first-order valence-electron chi connectivity index (χ1n) is 4.79. The van der Waals surface area contributed by atoms with Gasteiger partial charge < -0.3 is 10.4 Å². The lowest BCUT2D eigenvalue weighted by molar-refractivity contribution is 0.0741. The Hall–Kier alpha value is -0.0800. The van der Waals surface area contributed by atoms with E-state index in [9.17, 15) is 5.11 Å². The molecule has 0 amide bonds. The van der Waals surface area contributed by atoms with Crippen molar-refractivity contribution < 1.29 is 5.11 Å². The van der Waals surface area contributed by atoms with Gasteiger partial charge in [0.2, 0.25) is 0 Å². The van der Waals surface area contributed by atoms with E-state index in [4.69, 9.17) is 0 Å². The maximum absolute atomic E-state index is 9.49. The minimum atomic E-state index is -0.584. The number of aliphatic hydroxyl groups is 1. The SMILES string of the molecule is CC(NCC(C)(C)O)C1(C)CC1. The van der Waals surface area contributed by atoms with Crippen LogP contribution in [-0.2, 0) is 0 Å². The normalized spacial score (nSPS) is 23.8. The molecule has 0 spiro atoms. The lowest BCUT2D eigenvalue weighted by Gasteiger charge is -2.25. The van der Waals surface area contributed by atoms with Crippen LogP contribution in [0.3, 0.4) is 0 Å². The summed E-state index contributed by atoms with van der Waals surface area (Å²) in [6.07, 6.45) is 2.65. The summed E-state index contributed by atoms with van der Waals surface area (Å²) in [5.41, 5.74) is -0.0786. The van der Waals surface area contributed by atoms with Crippen LogP contribution in [0.5, 0.6) is 0 Å². The molecule has 0 heterocycles. The average molecular weight is 171 g/mol. The molecule has 0 aromatic heterocycles. The largest absolute Gasteiger partial charge is 0.389 e. The number of hydrogen-bond acceptors (Lipinski definition) is 2. The summed E-state index contributed by atoms with van der Waals surface area (Å²) in [4.78, 5) is 0. The van der Waals surface area contributed by atoms with E-state index in [-0.39, 0.29) is 0 Å². The van der Waals surface area contributed by atoms with Crippen LogP contribution in [0.2, 0.25) is 0 Å². The summed E-state index contributed by atoms with van der Waals surface area (Å²) in [6.45, 7) is 8.86. The highest BCUT2D eigenvalue weighted by molar-refractivity contribution is 4.97. The van der Waals surface area contributed by atoms with Crippen molar-refractivity contribution in [3.05, 3.63) is 0 Å². The molecule has 1 aliphatic rings. The van der Waals surface area contributed by atoms with Crippen LogP contribution in [0.4, 0.5) is 0 Å². The number of hydrogen-bond donors (Lipinski definition) is 2. The highest BCUT2D eigenvalue weighted by atomic mass is 16.3. The molecule has 1 rings (SSSR count). The Labute approximate surface area is 75.4 Å². The first-order chi connectivity index (χ1) is 5.33.